The number of hydrogen-bond donors (Lipinski definition) is 2. The SMILES string of the molecule is CCC(=Cc1sc2ccc(Cl)cc2[n+]1CCCC(=O)O)/C=C1/Oc2ccc(Cl)cc2N1CCCSOOO. The van der Waals surface area contributed by atoms with Gasteiger partial charge in [0.15, 0.2) is 12.3 Å². The van der Waals surface area contributed by atoms with Gasteiger partial charge in [0, 0.05) is 59.0 Å². The number of carboxylic acid groups (broad SMARTS) is 1. The Morgan fingerprint density at radius 1 is 1.21 bits per heavy atom. The maximum atomic E-state index is 11.1. The van der Waals surface area contributed by atoms with Crippen molar-refractivity contribution in [3.63, 3.8) is 0 Å². The number of carbonyl (C=O) groups is 1. The average Bonchev–Trinajstić information content (AvgIpc) is 3.40. The zero-order valence-corrected chi connectivity index (χ0v) is 23.7. The third-order valence-corrected chi connectivity index (χ3v) is 8.07. The number of rotatable bonds is 13. The molecule has 0 fully saturated rings. The normalized spacial score (nSPS) is 14.4. The summed E-state index contributed by atoms with van der Waals surface area (Å²) < 4.78 is 13.9. The number of aromatic nitrogens is 1. The summed E-state index contributed by atoms with van der Waals surface area (Å²) in [7, 11) is 0. The first-order chi connectivity index (χ1) is 18.4. The minimum atomic E-state index is -0.814. The number of halogens is 2. The molecule has 0 spiro atoms. The van der Waals surface area contributed by atoms with E-state index in [4.69, 9.17) is 38.3 Å². The molecule has 4 rings (SSSR count). The molecule has 12 heteroatoms. The predicted molar refractivity (Wildman–Crippen MR) is 152 cm³/mol. The smallest absolute Gasteiger partial charge is 0.303 e. The van der Waals surface area contributed by atoms with E-state index in [-0.39, 0.29) is 6.42 Å². The molecule has 2 N–H and O–H groups in total. The second-order valence-corrected chi connectivity index (χ2v) is 11.2. The standard InChI is InChI=1S/C26H26Cl2N2O6S2/c1-2-17(14-25-30(10-3-5-26(31)32)21-16-19(28)7-9-23(21)38-25)13-24-29(11-4-12-37-36-35-33)20-15-18(27)6-8-22(20)34-24/h6-9,13-16H,2-5,10-12H2,1H3,(H-,31,32,33)/p+1. The van der Waals surface area contributed by atoms with Gasteiger partial charge in [-0.25, -0.2) is 5.26 Å². The van der Waals surface area contributed by atoms with Crippen LogP contribution < -0.4 is 14.2 Å². The van der Waals surface area contributed by atoms with Gasteiger partial charge in [-0.2, -0.15) is 4.57 Å². The molecule has 0 saturated heterocycles. The minimum absolute atomic E-state index is 0.0934. The molecule has 0 atom stereocenters. The highest BCUT2D eigenvalue weighted by atomic mass is 35.5. The molecule has 0 unspecified atom stereocenters. The number of ether oxygens (including phenoxy) is 1. The number of aliphatic carboxylic acids is 1. The Labute approximate surface area is 238 Å². The van der Waals surface area contributed by atoms with E-state index in [9.17, 15) is 4.79 Å². The van der Waals surface area contributed by atoms with E-state index >= 15 is 0 Å². The quantitative estimate of drug-likeness (QED) is 0.0694. The summed E-state index contributed by atoms with van der Waals surface area (Å²) in [4.78, 5) is 13.2. The van der Waals surface area contributed by atoms with Gasteiger partial charge in [-0.1, -0.05) is 46.5 Å². The number of aryl methyl sites for hydroxylation is 1. The summed E-state index contributed by atoms with van der Waals surface area (Å²) in [5.74, 6) is 1.18. The topological polar surface area (TPSA) is 92.3 Å². The Bertz CT molecular complexity index is 1360. The number of thiazole rings is 1. The van der Waals surface area contributed by atoms with E-state index in [0.717, 1.165) is 57.1 Å². The molecule has 0 amide bonds. The Balaban J connectivity index is 1.66. The lowest BCUT2D eigenvalue weighted by Crippen LogP contribution is -2.35. The van der Waals surface area contributed by atoms with Crippen LogP contribution in [-0.2, 0) is 20.7 Å². The summed E-state index contributed by atoms with van der Waals surface area (Å²) >= 11 is 15.2. The van der Waals surface area contributed by atoms with Gasteiger partial charge in [0.25, 0.3) is 5.01 Å². The average molecular weight is 599 g/mol. The number of benzene rings is 2. The number of fused-ring (bicyclic) bond motifs is 2. The number of nitrogens with zero attached hydrogens (tertiary/aromatic N) is 2. The first kappa shape index (κ1) is 28.7. The van der Waals surface area contributed by atoms with Crippen LogP contribution in [0.5, 0.6) is 5.75 Å². The number of allylic oxidation sites excluding steroid dienone is 2. The van der Waals surface area contributed by atoms with Crippen LogP contribution in [0.25, 0.3) is 16.3 Å². The van der Waals surface area contributed by atoms with Gasteiger partial charge in [0.2, 0.25) is 11.4 Å². The molecule has 0 saturated carbocycles. The van der Waals surface area contributed by atoms with Crippen molar-refractivity contribution < 1.29 is 33.8 Å². The molecule has 2 heterocycles. The van der Waals surface area contributed by atoms with Gasteiger partial charge in [-0.3, -0.25) is 4.79 Å². The lowest BCUT2D eigenvalue weighted by atomic mass is 10.1. The lowest BCUT2D eigenvalue weighted by molar-refractivity contribution is -0.669. The van der Waals surface area contributed by atoms with Crippen molar-refractivity contribution in [2.45, 2.75) is 39.2 Å². The highest BCUT2D eigenvalue weighted by molar-refractivity contribution is 7.94. The van der Waals surface area contributed by atoms with Crippen LogP contribution in [0.4, 0.5) is 5.69 Å². The van der Waals surface area contributed by atoms with Crippen molar-refractivity contribution in [3.05, 3.63) is 69.0 Å². The monoisotopic (exact) mass is 597 g/mol. The van der Waals surface area contributed by atoms with Crippen LogP contribution in [0, 0.1) is 0 Å². The molecular weight excluding hydrogens is 571 g/mol. The first-order valence-corrected chi connectivity index (χ1v) is 14.5. The maximum absolute atomic E-state index is 11.1. The third-order valence-electron chi connectivity index (χ3n) is 5.87. The van der Waals surface area contributed by atoms with Crippen LogP contribution in [0.1, 0.15) is 37.6 Å². The Morgan fingerprint density at radius 2 is 2.00 bits per heavy atom. The summed E-state index contributed by atoms with van der Waals surface area (Å²) in [6, 6.07) is 11.3. The van der Waals surface area contributed by atoms with Gasteiger partial charge >= 0.3 is 5.97 Å². The molecule has 0 aliphatic carbocycles. The second kappa shape index (κ2) is 13.7. The fourth-order valence-electron chi connectivity index (χ4n) is 4.11. The Kier molecular flexibility index (Phi) is 10.3. The van der Waals surface area contributed by atoms with E-state index in [1.165, 1.54) is 0 Å². The highest BCUT2D eigenvalue weighted by Crippen LogP contribution is 2.41. The van der Waals surface area contributed by atoms with Crippen LogP contribution in [0.2, 0.25) is 10.0 Å². The van der Waals surface area contributed by atoms with Crippen molar-refractivity contribution >= 4 is 74.5 Å². The molecular formula is C26H27Cl2N2O6S2+. The van der Waals surface area contributed by atoms with E-state index in [0.29, 0.717) is 41.2 Å². The maximum Gasteiger partial charge on any atom is 0.303 e. The minimum Gasteiger partial charge on any atom is -0.481 e. The predicted octanol–water partition coefficient (Wildman–Crippen LogP) is 7.35. The molecule has 2 aromatic carbocycles. The van der Waals surface area contributed by atoms with E-state index < -0.39 is 5.97 Å². The number of anilines is 1. The largest absolute Gasteiger partial charge is 0.481 e. The van der Waals surface area contributed by atoms with Gasteiger partial charge in [0.05, 0.1) is 12.1 Å². The van der Waals surface area contributed by atoms with Crippen molar-refractivity contribution in [2.24, 2.45) is 0 Å². The van der Waals surface area contributed by atoms with Crippen molar-refractivity contribution in [2.75, 3.05) is 17.2 Å². The Hall–Kier alpha value is -2.31. The van der Waals surface area contributed by atoms with Crippen molar-refractivity contribution in [1.82, 2.24) is 0 Å². The first-order valence-electron chi connectivity index (χ1n) is 12.0. The van der Waals surface area contributed by atoms with E-state index in [1.807, 2.05) is 36.4 Å². The molecule has 0 bridgehead atoms. The molecule has 0 radical (unpaired) electrons. The second-order valence-electron chi connectivity index (χ2n) is 8.44. The summed E-state index contributed by atoms with van der Waals surface area (Å²) in [6.07, 6.45) is 6.22. The van der Waals surface area contributed by atoms with Gasteiger partial charge in [-0.15, -0.1) is 4.33 Å². The molecule has 8 nitrogen and oxygen atoms in total. The molecule has 1 aliphatic heterocycles. The number of carboxylic acids is 1. The van der Waals surface area contributed by atoms with Crippen LogP contribution in [0.3, 0.4) is 0 Å². The summed E-state index contributed by atoms with van der Waals surface area (Å²) in [5.41, 5.74) is 2.90. The highest BCUT2D eigenvalue weighted by Gasteiger charge is 2.27. The van der Waals surface area contributed by atoms with Crippen molar-refractivity contribution in [3.8, 4) is 5.75 Å². The fraction of sp³-hybridized carbons (Fsp3) is 0.308. The summed E-state index contributed by atoms with van der Waals surface area (Å²) in [5, 5.41) is 23.4. The molecule has 38 heavy (non-hydrogen) atoms. The zero-order chi connectivity index (χ0) is 27.1. The zero-order valence-electron chi connectivity index (χ0n) is 20.6. The summed E-state index contributed by atoms with van der Waals surface area (Å²) in [6.45, 7) is 3.28. The molecule has 3 aromatic rings. The fourth-order valence-corrected chi connectivity index (χ4v) is 5.95. The van der Waals surface area contributed by atoms with E-state index in [1.54, 1.807) is 17.4 Å². The third kappa shape index (κ3) is 7.20. The molecule has 202 valence electrons. The van der Waals surface area contributed by atoms with Crippen LogP contribution in [-0.4, -0.2) is 28.6 Å². The van der Waals surface area contributed by atoms with Gasteiger partial charge in [0.1, 0.15) is 4.70 Å². The number of hydrogen-bond acceptors (Lipinski definition) is 8. The lowest BCUT2D eigenvalue weighted by Gasteiger charge is -2.18. The Morgan fingerprint density at radius 3 is 2.76 bits per heavy atom. The van der Waals surface area contributed by atoms with Crippen molar-refractivity contribution in [1.29, 1.82) is 0 Å². The van der Waals surface area contributed by atoms with Crippen LogP contribution >= 0.6 is 46.6 Å². The molecule has 1 aliphatic rings. The molecule has 1 aromatic heterocycles. The van der Waals surface area contributed by atoms with Crippen LogP contribution in [0.15, 0.2) is 53.9 Å². The van der Waals surface area contributed by atoms with Gasteiger partial charge in [-0.05, 0) is 48.7 Å². The van der Waals surface area contributed by atoms with E-state index in [2.05, 4.69) is 31.8 Å². The van der Waals surface area contributed by atoms with Gasteiger partial charge < -0.3 is 14.7 Å².